The minimum Gasteiger partial charge on any atom is -0.397 e. The number of anilines is 2. The highest BCUT2D eigenvalue weighted by Crippen LogP contribution is 2.26. The number of nitrogens with one attached hydrogen (secondary N) is 1. The number of nitrogens with zero attached hydrogens (tertiary/aromatic N) is 1. The molecule has 1 aromatic heterocycles. The van der Waals surface area contributed by atoms with Gasteiger partial charge < -0.3 is 15.6 Å². The van der Waals surface area contributed by atoms with Crippen LogP contribution >= 0.6 is 11.6 Å². The van der Waals surface area contributed by atoms with Crippen LogP contribution in [0, 0.1) is 0 Å². The summed E-state index contributed by atoms with van der Waals surface area (Å²) >= 11 is 5.95. The molecule has 4 heteroatoms. The summed E-state index contributed by atoms with van der Waals surface area (Å²) in [5.41, 5.74) is 8.81. The van der Waals surface area contributed by atoms with E-state index in [0.29, 0.717) is 5.02 Å². The van der Waals surface area contributed by atoms with E-state index in [9.17, 15) is 0 Å². The Morgan fingerprint density at radius 3 is 2.88 bits per heavy atom. The molecule has 0 atom stereocenters. The topological polar surface area (TPSA) is 45.0 Å². The van der Waals surface area contributed by atoms with Crippen LogP contribution in [0.3, 0.4) is 0 Å². The lowest BCUT2D eigenvalue weighted by molar-refractivity contribution is 0.926. The van der Waals surface area contributed by atoms with E-state index < -0.39 is 0 Å². The maximum absolute atomic E-state index is 5.95. The molecule has 1 heterocycles. The van der Waals surface area contributed by atoms with Gasteiger partial charge in [0.15, 0.2) is 0 Å². The number of halogens is 1. The van der Waals surface area contributed by atoms with Crippen molar-refractivity contribution in [2.45, 2.75) is 6.54 Å². The van der Waals surface area contributed by atoms with Crippen LogP contribution in [0.1, 0.15) is 5.56 Å². The SMILES string of the molecule is CN(Cc1cc[nH]c1)c1cc(Cl)ccc1N. The number of aromatic amines is 1. The highest BCUT2D eigenvalue weighted by Gasteiger charge is 2.06. The van der Waals surface area contributed by atoms with Gasteiger partial charge in [-0.3, -0.25) is 0 Å². The summed E-state index contributed by atoms with van der Waals surface area (Å²) in [5.74, 6) is 0. The van der Waals surface area contributed by atoms with Gasteiger partial charge >= 0.3 is 0 Å². The second-order valence-corrected chi connectivity index (χ2v) is 4.21. The maximum Gasteiger partial charge on any atom is 0.0615 e. The third-order valence-electron chi connectivity index (χ3n) is 2.49. The molecular formula is C12H14ClN3. The Balaban J connectivity index is 2.20. The predicted octanol–water partition coefficient (Wildman–Crippen LogP) is 2.89. The monoisotopic (exact) mass is 235 g/mol. The number of rotatable bonds is 3. The zero-order valence-electron chi connectivity index (χ0n) is 9.07. The highest BCUT2D eigenvalue weighted by molar-refractivity contribution is 6.31. The second-order valence-electron chi connectivity index (χ2n) is 3.78. The van der Waals surface area contributed by atoms with Gasteiger partial charge in [-0.25, -0.2) is 0 Å². The summed E-state index contributed by atoms with van der Waals surface area (Å²) < 4.78 is 0. The van der Waals surface area contributed by atoms with Crippen molar-refractivity contribution in [3.8, 4) is 0 Å². The first-order valence-electron chi connectivity index (χ1n) is 5.04. The molecule has 0 radical (unpaired) electrons. The molecule has 84 valence electrons. The quantitative estimate of drug-likeness (QED) is 0.804. The molecule has 0 amide bonds. The molecule has 3 nitrogen and oxygen atoms in total. The molecule has 0 saturated heterocycles. The fourth-order valence-corrected chi connectivity index (χ4v) is 1.83. The maximum atomic E-state index is 5.95. The van der Waals surface area contributed by atoms with E-state index in [1.807, 2.05) is 37.6 Å². The van der Waals surface area contributed by atoms with Gasteiger partial charge in [0, 0.05) is 31.0 Å². The van der Waals surface area contributed by atoms with Gasteiger partial charge in [-0.1, -0.05) is 11.6 Å². The van der Waals surface area contributed by atoms with Crippen LogP contribution < -0.4 is 10.6 Å². The van der Waals surface area contributed by atoms with Gasteiger partial charge in [0.05, 0.1) is 11.4 Å². The molecule has 0 aliphatic heterocycles. The summed E-state index contributed by atoms with van der Waals surface area (Å²) in [7, 11) is 2.00. The number of hydrogen-bond donors (Lipinski definition) is 2. The molecule has 0 spiro atoms. The van der Waals surface area contributed by atoms with Crippen LogP contribution in [0.2, 0.25) is 5.02 Å². The van der Waals surface area contributed by atoms with Gasteiger partial charge in [-0.15, -0.1) is 0 Å². The molecule has 0 bridgehead atoms. The summed E-state index contributed by atoms with van der Waals surface area (Å²) in [6, 6.07) is 7.54. The predicted molar refractivity (Wildman–Crippen MR) is 68.8 cm³/mol. The average Bonchev–Trinajstić information content (AvgIpc) is 2.74. The normalized spacial score (nSPS) is 10.4. The Kier molecular flexibility index (Phi) is 3.06. The molecular weight excluding hydrogens is 222 g/mol. The summed E-state index contributed by atoms with van der Waals surface area (Å²) in [4.78, 5) is 5.10. The molecule has 0 saturated carbocycles. The standard InChI is InChI=1S/C12H14ClN3/c1-16(8-9-4-5-15-7-9)12-6-10(13)2-3-11(12)14/h2-7,15H,8,14H2,1H3. The van der Waals surface area contributed by atoms with Gasteiger partial charge in [0.25, 0.3) is 0 Å². The Hall–Kier alpha value is -1.61. The van der Waals surface area contributed by atoms with Gasteiger partial charge in [0.2, 0.25) is 0 Å². The van der Waals surface area contributed by atoms with Crippen molar-refractivity contribution in [3.05, 3.63) is 47.2 Å². The van der Waals surface area contributed by atoms with Gasteiger partial charge in [-0.2, -0.15) is 0 Å². The van der Waals surface area contributed by atoms with Gasteiger partial charge in [-0.05, 0) is 29.8 Å². The highest BCUT2D eigenvalue weighted by atomic mass is 35.5. The van der Waals surface area contributed by atoms with Crippen LogP contribution in [0.4, 0.5) is 11.4 Å². The van der Waals surface area contributed by atoms with Crippen molar-refractivity contribution < 1.29 is 0 Å². The van der Waals surface area contributed by atoms with Crippen molar-refractivity contribution in [1.82, 2.24) is 4.98 Å². The van der Waals surface area contributed by atoms with Crippen molar-refractivity contribution in [3.63, 3.8) is 0 Å². The van der Waals surface area contributed by atoms with Crippen molar-refractivity contribution in [2.75, 3.05) is 17.7 Å². The molecule has 0 aliphatic carbocycles. The Morgan fingerprint density at radius 1 is 1.38 bits per heavy atom. The Labute approximate surface area is 99.8 Å². The van der Waals surface area contributed by atoms with Crippen molar-refractivity contribution in [2.24, 2.45) is 0 Å². The van der Waals surface area contributed by atoms with Crippen molar-refractivity contribution >= 4 is 23.0 Å². The molecule has 0 fully saturated rings. The number of H-pyrrole nitrogens is 1. The molecule has 2 aromatic rings. The lowest BCUT2D eigenvalue weighted by Gasteiger charge is -2.20. The largest absolute Gasteiger partial charge is 0.397 e. The second kappa shape index (κ2) is 4.49. The van der Waals surface area contributed by atoms with E-state index in [1.165, 1.54) is 5.56 Å². The van der Waals surface area contributed by atoms with Crippen LogP contribution in [0.25, 0.3) is 0 Å². The van der Waals surface area contributed by atoms with Gasteiger partial charge in [0.1, 0.15) is 0 Å². The Bertz CT molecular complexity index is 465. The first-order chi connectivity index (χ1) is 7.66. The van der Waals surface area contributed by atoms with Crippen LogP contribution in [-0.4, -0.2) is 12.0 Å². The lowest BCUT2D eigenvalue weighted by atomic mass is 10.2. The third-order valence-corrected chi connectivity index (χ3v) is 2.72. The van der Waals surface area contributed by atoms with E-state index in [-0.39, 0.29) is 0 Å². The van der Waals surface area contributed by atoms with Crippen molar-refractivity contribution in [1.29, 1.82) is 0 Å². The van der Waals surface area contributed by atoms with Crippen LogP contribution in [-0.2, 0) is 6.54 Å². The lowest BCUT2D eigenvalue weighted by Crippen LogP contribution is -2.17. The minimum atomic E-state index is 0.699. The number of nitrogen functional groups attached to an aromatic ring is 1. The molecule has 0 aliphatic rings. The smallest absolute Gasteiger partial charge is 0.0615 e. The third kappa shape index (κ3) is 2.31. The molecule has 2 rings (SSSR count). The molecule has 1 aromatic carbocycles. The fourth-order valence-electron chi connectivity index (χ4n) is 1.66. The van der Waals surface area contributed by atoms with E-state index in [4.69, 9.17) is 17.3 Å². The number of hydrogen-bond acceptors (Lipinski definition) is 2. The molecule has 3 N–H and O–H groups in total. The zero-order chi connectivity index (χ0) is 11.5. The van der Waals surface area contributed by atoms with E-state index >= 15 is 0 Å². The number of nitrogens with two attached hydrogens (primary N) is 1. The van der Waals surface area contributed by atoms with E-state index in [0.717, 1.165) is 17.9 Å². The first kappa shape index (κ1) is 10.9. The molecule has 16 heavy (non-hydrogen) atoms. The van der Waals surface area contributed by atoms with Crippen LogP contribution in [0.5, 0.6) is 0 Å². The summed E-state index contributed by atoms with van der Waals surface area (Å²) in [6.45, 7) is 0.800. The first-order valence-corrected chi connectivity index (χ1v) is 5.42. The number of aromatic nitrogens is 1. The van der Waals surface area contributed by atoms with E-state index in [1.54, 1.807) is 6.07 Å². The van der Waals surface area contributed by atoms with E-state index in [2.05, 4.69) is 9.88 Å². The summed E-state index contributed by atoms with van der Waals surface area (Å²) in [5, 5.41) is 0.699. The Morgan fingerprint density at radius 2 is 2.19 bits per heavy atom. The summed E-state index contributed by atoms with van der Waals surface area (Å²) in [6.07, 6.45) is 3.88. The van der Waals surface area contributed by atoms with Crippen LogP contribution in [0.15, 0.2) is 36.7 Å². The minimum absolute atomic E-state index is 0.699. The molecule has 0 unspecified atom stereocenters. The zero-order valence-corrected chi connectivity index (χ0v) is 9.83. The fraction of sp³-hybridized carbons (Fsp3) is 0.167. The average molecular weight is 236 g/mol. The number of benzene rings is 1.